The van der Waals surface area contributed by atoms with Crippen molar-refractivity contribution in [3.05, 3.63) is 99.1 Å². The van der Waals surface area contributed by atoms with Gasteiger partial charge in [-0.2, -0.15) is 0 Å². The van der Waals surface area contributed by atoms with E-state index in [2.05, 4.69) is 22.6 Å². The smallest absolute Gasteiger partial charge is 0.305 e. The minimum absolute atomic E-state index is 0.0278. The van der Waals surface area contributed by atoms with Gasteiger partial charge < -0.3 is 10.0 Å². The van der Waals surface area contributed by atoms with Gasteiger partial charge in [-0.25, -0.2) is 0 Å². The second-order valence-corrected chi connectivity index (χ2v) is 8.77. The zero-order valence-electron chi connectivity index (χ0n) is 17.1. The van der Waals surface area contributed by atoms with Crippen LogP contribution in [0.25, 0.3) is 0 Å². The molecule has 0 fully saturated rings. The number of hydrogen-bond donors (Lipinski definition) is 1. The molecule has 0 atom stereocenters. The largest absolute Gasteiger partial charge is 0.481 e. The number of anilines is 1. The van der Waals surface area contributed by atoms with Crippen LogP contribution in [-0.4, -0.2) is 40.9 Å². The summed E-state index contributed by atoms with van der Waals surface area (Å²) in [6.45, 7) is -0.215. The molecule has 7 heteroatoms. The Hall–Kier alpha value is -3.20. The van der Waals surface area contributed by atoms with Crippen LogP contribution in [-0.2, 0) is 9.59 Å². The molecular weight excluding hydrogens is 519 g/mol. The lowest BCUT2D eigenvalue weighted by Crippen LogP contribution is -2.42. The molecule has 1 N–H and O–H groups in total. The van der Waals surface area contributed by atoms with Crippen LogP contribution >= 0.6 is 22.6 Å². The molecule has 0 radical (unpaired) electrons. The number of carbonyl (C=O) groups is 3. The van der Waals surface area contributed by atoms with Crippen molar-refractivity contribution in [2.45, 2.75) is 12.5 Å². The predicted molar refractivity (Wildman–Crippen MR) is 130 cm³/mol. The number of fused-ring (bicyclic) bond motifs is 1. The molecule has 32 heavy (non-hydrogen) atoms. The number of nitrogens with zero attached hydrogens (tertiary/aromatic N) is 2. The van der Waals surface area contributed by atoms with Crippen molar-refractivity contribution in [3.8, 4) is 0 Å². The van der Waals surface area contributed by atoms with Crippen molar-refractivity contribution in [3.63, 3.8) is 0 Å². The van der Waals surface area contributed by atoms with E-state index in [4.69, 9.17) is 5.11 Å². The first-order chi connectivity index (χ1) is 15.5. The maximum atomic E-state index is 13.6. The Labute approximate surface area is 199 Å². The fourth-order valence-corrected chi connectivity index (χ4v) is 4.45. The summed E-state index contributed by atoms with van der Waals surface area (Å²) in [4.78, 5) is 41.1. The minimum Gasteiger partial charge on any atom is -0.481 e. The first-order valence-electron chi connectivity index (χ1n) is 10.2. The SMILES string of the molecule is O=C(O)CCN1CC(=O)N(C(c2ccccc2)c2ccccc2)c2ccc(I)cc2C1=O. The highest BCUT2D eigenvalue weighted by Crippen LogP contribution is 2.37. The molecular formula is C25H21IN2O4. The average Bonchev–Trinajstić information content (AvgIpc) is 2.89. The van der Waals surface area contributed by atoms with E-state index in [-0.39, 0.29) is 31.3 Å². The molecule has 3 aromatic carbocycles. The second-order valence-electron chi connectivity index (χ2n) is 7.52. The molecule has 2 amide bonds. The standard InChI is InChI=1S/C25H21IN2O4/c26-19-11-12-21-20(15-19)25(32)27(14-13-23(30)31)16-22(29)28(21)24(17-7-3-1-4-8-17)18-9-5-2-6-10-18/h1-12,15,24H,13-14,16H2,(H,30,31). The molecule has 0 saturated carbocycles. The van der Waals surface area contributed by atoms with E-state index < -0.39 is 12.0 Å². The number of hydrogen-bond acceptors (Lipinski definition) is 3. The molecule has 6 nitrogen and oxygen atoms in total. The van der Waals surface area contributed by atoms with Gasteiger partial charge in [0, 0.05) is 10.1 Å². The Kier molecular flexibility index (Phi) is 6.55. The molecule has 3 aromatic rings. The number of rotatable bonds is 6. The van der Waals surface area contributed by atoms with E-state index in [1.165, 1.54) is 4.90 Å². The maximum Gasteiger partial charge on any atom is 0.305 e. The number of aliphatic carboxylic acids is 1. The number of carboxylic acid groups (broad SMARTS) is 1. The molecule has 162 valence electrons. The van der Waals surface area contributed by atoms with Crippen LogP contribution in [0.2, 0.25) is 0 Å². The van der Waals surface area contributed by atoms with Gasteiger partial charge >= 0.3 is 5.97 Å². The summed E-state index contributed by atoms with van der Waals surface area (Å²) in [5, 5.41) is 9.11. The minimum atomic E-state index is -1.01. The van der Waals surface area contributed by atoms with Gasteiger partial charge in [-0.15, -0.1) is 0 Å². The normalized spacial score (nSPS) is 13.8. The molecule has 1 aliphatic rings. The van der Waals surface area contributed by atoms with Crippen LogP contribution in [0.3, 0.4) is 0 Å². The van der Waals surface area contributed by atoms with Crippen molar-refractivity contribution in [1.29, 1.82) is 0 Å². The molecule has 0 saturated heterocycles. The van der Waals surface area contributed by atoms with Gasteiger partial charge in [-0.1, -0.05) is 60.7 Å². The third-order valence-electron chi connectivity index (χ3n) is 5.41. The van der Waals surface area contributed by atoms with Crippen LogP contribution in [0.5, 0.6) is 0 Å². The van der Waals surface area contributed by atoms with Crippen molar-refractivity contribution >= 4 is 46.1 Å². The highest BCUT2D eigenvalue weighted by atomic mass is 127. The Balaban J connectivity index is 1.88. The number of benzene rings is 3. The zero-order chi connectivity index (χ0) is 22.7. The molecule has 4 rings (SSSR count). The molecule has 1 heterocycles. The van der Waals surface area contributed by atoms with E-state index in [1.54, 1.807) is 17.0 Å². The molecule has 0 aliphatic carbocycles. The summed E-state index contributed by atoms with van der Waals surface area (Å²) >= 11 is 2.13. The summed E-state index contributed by atoms with van der Waals surface area (Å²) < 4.78 is 0.859. The number of amides is 2. The molecule has 1 aliphatic heterocycles. The highest BCUT2D eigenvalue weighted by Gasteiger charge is 2.36. The highest BCUT2D eigenvalue weighted by molar-refractivity contribution is 14.1. The van der Waals surface area contributed by atoms with E-state index >= 15 is 0 Å². The van der Waals surface area contributed by atoms with Gasteiger partial charge in [-0.3, -0.25) is 19.3 Å². The Morgan fingerprint density at radius 1 is 0.938 bits per heavy atom. The van der Waals surface area contributed by atoms with Gasteiger partial charge in [0.05, 0.1) is 23.7 Å². The zero-order valence-corrected chi connectivity index (χ0v) is 19.3. The summed E-state index contributed by atoms with van der Waals surface area (Å²) in [7, 11) is 0. The lowest BCUT2D eigenvalue weighted by atomic mass is 9.95. The molecule has 0 aromatic heterocycles. The van der Waals surface area contributed by atoms with Crippen molar-refractivity contribution in [2.75, 3.05) is 18.0 Å². The third-order valence-corrected chi connectivity index (χ3v) is 6.09. The van der Waals surface area contributed by atoms with Crippen molar-refractivity contribution < 1.29 is 19.5 Å². The monoisotopic (exact) mass is 540 g/mol. The topological polar surface area (TPSA) is 77.9 Å². The first kappa shape index (κ1) is 22.0. The van der Waals surface area contributed by atoms with Crippen LogP contribution in [0.4, 0.5) is 5.69 Å². The van der Waals surface area contributed by atoms with Crippen molar-refractivity contribution in [1.82, 2.24) is 4.90 Å². The maximum absolute atomic E-state index is 13.6. The predicted octanol–water partition coefficient (Wildman–Crippen LogP) is 4.34. The Morgan fingerprint density at radius 2 is 1.53 bits per heavy atom. The van der Waals surface area contributed by atoms with E-state index in [1.807, 2.05) is 66.7 Å². The number of carboxylic acids is 1. The van der Waals surface area contributed by atoms with Crippen LogP contribution < -0.4 is 4.90 Å². The van der Waals surface area contributed by atoms with E-state index in [9.17, 15) is 14.4 Å². The van der Waals surface area contributed by atoms with Crippen LogP contribution in [0, 0.1) is 3.57 Å². The molecule has 0 unspecified atom stereocenters. The average molecular weight is 540 g/mol. The molecule has 0 bridgehead atoms. The Morgan fingerprint density at radius 3 is 2.09 bits per heavy atom. The fraction of sp³-hybridized carbons (Fsp3) is 0.160. The van der Waals surface area contributed by atoms with E-state index in [0.29, 0.717) is 11.3 Å². The van der Waals surface area contributed by atoms with Gasteiger partial charge in [-0.05, 0) is 51.9 Å². The second kappa shape index (κ2) is 9.52. The number of carbonyl (C=O) groups excluding carboxylic acids is 2. The van der Waals surface area contributed by atoms with Crippen LogP contribution in [0.15, 0.2) is 78.9 Å². The van der Waals surface area contributed by atoms with Crippen molar-refractivity contribution in [2.24, 2.45) is 0 Å². The first-order valence-corrected chi connectivity index (χ1v) is 11.3. The van der Waals surface area contributed by atoms with E-state index in [0.717, 1.165) is 14.7 Å². The van der Waals surface area contributed by atoms with Crippen LogP contribution in [0.1, 0.15) is 33.9 Å². The third kappa shape index (κ3) is 4.52. The number of halogens is 1. The summed E-state index contributed by atoms with van der Waals surface area (Å²) in [6.07, 6.45) is -0.223. The summed E-state index contributed by atoms with van der Waals surface area (Å²) in [5.74, 6) is -1.61. The lowest BCUT2D eigenvalue weighted by Gasteiger charge is -2.32. The Bertz CT molecular complexity index is 1110. The lowest BCUT2D eigenvalue weighted by molar-refractivity contribution is -0.137. The summed E-state index contributed by atoms with van der Waals surface area (Å²) in [6, 6.07) is 24.4. The van der Waals surface area contributed by atoms with Gasteiger partial charge in [0.25, 0.3) is 5.91 Å². The van der Waals surface area contributed by atoms with Gasteiger partial charge in [0.15, 0.2) is 0 Å². The summed E-state index contributed by atoms with van der Waals surface area (Å²) in [5.41, 5.74) is 2.76. The van der Waals surface area contributed by atoms with Gasteiger partial charge in [0.2, 0.25) is 5.91 Å². The van der Waals surface area contributed by atoms with Gasteiger partial charge in [0.1, 0.15) is 6.54 Å². The quantitative estimate of drug-likeness (QED) is 0.472. The molecule has 0 spiro atoms. The fourth-order valence-electron chi connectivity index (χ4n) is 3.96.